The van der Waals surface area contributed by atoms with Gasteiger partial charge in [0.05, 0.1) is 44.8 Å². The maximum absolute atomic E-state index is 12.9. The quantitative estimate of drug-likeness (QED) is 0.494. The normalized spacial score (nSPS) is 14.9. The van der Waals surface area contributed by atoms with E-state index in [-0.39, 0.29) is 11.8 Å². The van der Waals surface area contributed by atoms with Gasteiger partial charge in [-0.1, -0.05) is 29.5 Å². The van der Waals surface area contributed by atoms with Crippen LogP contribution in [0.5, 0.6) is 5.75 Å². The molecule has 1 aliphatic rings. The van der Waals surface area contributed by atoms with Crippen molar-refractivity contribution in [2.24, 2.45) is 0 Å². The first-order chi connectivity index (χ1) is 16.6. The van der Waals surface area contributed by atoms with Crippen LogP contribution in [0, 0.1) is 0 Å². The zero-order valence-corrected chi connectivity index (χ0v) is 20.7. The molecule has 0 bridgehead atoms. The number of amides is 1. The topological polar surface area (TPSA) is 82.2 Å². The van der Waals surface area contributed by atoms with Crippen LogP contribution >= 0.6 is 11.3 Å². The zero-order chi connectivity index (χ0) is 23.9. The SMILES string of the molecule is COCCN(C)Cc1ccc(C(=O)Nc2nc3c(OC)ccc(C4COCCOC4)c3s2)cc1. The number of likely N-dealkylation sites (N-methyl/N-ethyl adjacent to an activating group) is 1. The molecule has 4 rings (SSSR count). The molecule has 1 saturated heterocycles. The van der Waals surface area contributed by atoms with E-state index in [4.69, 9.17) is 18.9 Å². The molecule has 0 atom stereocenters. The summed E-state index contributed by atoms with van der Waals surface area (Å²) in [6.07, 6.45) is 0. The lowest BCUT2D eigenvalue weighted by Crippen LogP contribution is -2.22. The highest BCUT2D eigenvalue weighted by Crippen LogP contribution is 2.38. The number of anilines is 1. The molecule has 2 aromatic carbocycles. The van der Waals surface area contributed by atoms with Crippen LogP contribution in [0.3, 0.4) is 0 Å². The fourth-order valence-corrected chi connectivity index (χ4v) is 4.98. The predicted octanol–water partition coefficient (Wildman–Crippen LogP) is 3.77. The fourth-order valence-electron chi connectivity index (χ4n) is 3.91. The standard InChI is InChI=1S/C25H31N3O5S/c1-28(10-11-30-2)14-17-4-6-18(7-5-17)24(29)27-25-26-22-21(31-3)9-8-20(23(22)34-25)19-15-32-12-13-33-16-19/h4-9,19H,10-16H2,1-3H3,(H,26,27,29). The second-order valence-corrected chi connectivity index (χ2v) is 9.28. The summed E-state index contributed by atoms with van der Waals surface area (Å²) in [6.45, 7) is 4.71. The Balaban J connectivity index is 1.50. The number of benzene rings is 2. The Morgan fingerprint density at radius 1 is 1.15 bits per heavy atom. The van der Waals surface area contributed by atoms with Gasteiger partial charge in [0, 0.05) is 31.7 Å². The minimum atomic E-state index is -0.194. The Morgan fingerprint density at radius 3 is 2.56 bits per heavy atom. The number of methoxy groups -OCH3 is 2. The molecule has 1 aromatic heterocycles. The van der Waals surface area contributed by atoms with Gasteiger partial charge in [0.1, 0.15) is 11.3 Å². The lowest BCUT2D eigenvalue weighted by molar-refractivity contribution is 0.102. The number of hydrogen-bond donors (Lipinski definition) is 1. The van der Waals surface area contributed by atoms with Crippen molar-refractivity contribution in [1.29, 1.82) is 0 Å². The average Bonchev–Trinajstić information content (AvgIpc) is 3.08. The number of rotatable bonds is 9. The average molecular weight is 486 g/mol. The van der Waals surface area contributed by atoms with Crippen molar-refractivity contribution in [3.8, 4) is 5.75 Å². The van der Waals surface area contributed by atoms with E-state index in [1.165, 1.54) is 11.3 Å². The summed E-state index contributed by atoms with van der Waals surface area (Å²) >= 11 is 1.44. The van der Waals surface area contributed by atoms with Crippen molar-refractivity contribution in [1.82, 2.24) is 9.88 Å². The first-order valence-corrected chi connectivity index (χ1v) is 12.1. The van der Waals surface area contributed by atoms with Gasteiger partial charge in [-0.15, -0.1) is 0 Å². The van der Waals surface area contributed by atoms with Gasteiger partial charge in [-0.05, 0) is 36.4 Å². The molecule has 2 heterocycles. The summed E-state index contributed by atoms with van der Waals surface area (Å²) in [4.78, 5) is 19.8. The van der Waals surface area contributed by atoms with Crippen LogP contribution in [0.25, 0.3) is 10.2 Å². The van der Waals surface area contributed by atoms with Gasteiger partial charge in [0.15, 0.2) is 5.13 Å². The maximum atomic E-state index is 12.9. The number of ether oxygens (including phenoxy) is 4. The minimum absolute atomic E-state index is 0.106. The van der Waals surface area contributed by atoms with Gasteiger partial charge in [0.25, 0.3) is 5.91 Å². The van der Waals surface area contributed by atoms with Gasteiger partial charge >= 0.3 is 0 Å². The summed E-state index contributed by atoms with van der Waals surface area (Å²) < 4.78 is 23.0. The minimum Gasteiger partial charge on any atom is -0.494 e. The molecule has 1 N–H and O–H groups in total. The number of thiazole rings is 1. The van der Waals surface area contributed by atoms with Crippen LogP contribution in [0.4, 0.5) is 5.13 Å². The number of nitrogens with one attached hydrogen (secondary N) is 1. The van der Waals surface area contributed by atoms with Crippen molar-refractivity contribution in [2.75, 3.05) is 66.2 Å². The second-order valence-electron chi connectivity index (χ2n) is 8.28. The van der Waals surface area contributed by atoms with Gasteiger partial charge in [0.2, 0.25) is 0 Å². The van der Waals surface area contributed by atoms with E-state index in [1.54, 1.807) is 14.2 Å². The fraction of sp³-hybridized carbons (Fsp3) is 0.440. The van der Waals surface area contributed by atoms with Crippen LogP contribution in [0.2, 0.25) is 0 Å². The molecule has 0 saturated carbocycles. The molecular weight excluding hydrogens is 454 g/mol. The number of carbonyl (C=O) groups excluding carboxylic acids is 1. The third kappa shape index (κ3) is 5.92. The van der Waals surface area contributed by atoms with Gasteiger partial charge in [-0.25, -0.2) is 4.98 Å². The Hall–Kier alpha value is -2.56. The van der Waals surface area contributed by atoms with Crippen LogP contribution in [-0.2, 0) is 20.8 Å². The molecule has 0 unspecified atom stereocenters. The number of hydrogen-bond acceptors (Lipinski definition) is 8. The summed E-state index contributed by atoms with van der Waals surface area (Å²) in [5.41, 5.74) is 3.55. The molecule has 0 spiro atoms. The molecule has 9 heteroatoms. The third-order valence-corrected chi connectivity index (χ3v) is 6.79. The molecule has 8 nitrogen and oxygen atoms in total. The van der Waals surface area contributed by atoms with Crippen molar-refractivity contribution >= 4 is 32.6 Å². The third-order valence-electron chi connectivity index (χ3n) is 5.77. The summed E-state index contributed by atoms with van der Waals surface area (Å²) in [6, 6.07) is 11.6. The largest absolute Gasteiger partial charge is 0.494 e. The highest BCUT2D eigenvalue weighted by molar-refractivity contribution is 7.22. The van der Waals surface area contributed by atoms with Crippen molar-refractivity contribution < 1.29 is 23.7 Å². The highest BCUT2D eigenvalue weighted by Gasteiger charge is 2.22. The molecule has 1 fully saturated rings. The molecule has 0 aliphatic carbocycles. The monoisotopic (exact) mass is 485 g/mol. The molecule has 34 heavy (non-hydrogen) atoms. The van der Waals surface area contributed by atoms with E-state index < -0.39 is 0 Å². The number of aromatic nitrogens is 1. The van der Waals surface area contributed by atoms with E-state index in [1.807, 2.05) is 43.4 Å². The van der Waals surface area contributed by atoms with Gasteiger partial charge in [-0.3, -0.25) is 15.0 Å². The van der Waals surface area contributed by atoms with Gasteiger partial charge in [-0.2, -0.15) is 0 Å². The smallest absolute Gasteiger partial charge is 0.257 e. The number of nitrogens with zero attached hydrogens (tertiary/aromatic N) is 2. The Labute approximate surface area is 203 Å². The number of fused-ring (bicyclic) bond motifs is 1. The van der Waals surface area contributed by atoms with Crippen LogP contribution < -0.4 is 10.1 Å². The van der Waals surface area contributed by atoms with Gasteiger partial charge < -0.3 is 18.9 Å². The van der Waals surface area contributed by atoms with Crippen molar-refractivity contribution in [2.45, 2.75) is 12.5 Å². The van der Waals surface area contributed by atoms with E-state index >= 15 is 0 Å². The summed E-state index contributed by atoms with van der Waals surface area (Å²) in [5.74, 6) is 0.586. The molecule has 0 radical (unpaired) electrons. The Morgan fingerprint density at radius 2 is 1.88 bits per heavy atom. The van der Waals surface area contributed by atoms with E-state index in [2.05, 4.69) is 15.2 Å². The number of carbonyl (C=O) groups is 1. The lowest BCUT2D eigenvalue weighted by atomic mass is 10.0. The zero-order valence-electron chi connectivity index (χ0n) is 19.8. The van der Waals surface area contributed by atoms with Crippen molar-refractivity contribution in [3.63, 3.8) is 0 Å². The molecule has 1 amide bonds. The van der Waals surface area contributed by atoms with E-state index in [0.29, 0.717) is 49.5 Å². The second kappa shape index (κ2) is 11.7. The maximum Gasteiger partial charge on any atom is 0.257 e. The van der Waals surface area contributed by atoms with Crippen LogP contribution in [0.15, 0.2) is 36.4 Å². The lowest BCUT2D eigenvalue weighted by Gasteiger charge is -2.16. The summed E-state index contributed by atoms with van der Waals surface area (Å²) in [5, 5.41) is 3.49. The summed E-state index contributed by atoms with van der Waals surface area (Å²) in [7, 11) is 5.37. The van der Waals surface area contributed by atoms with Crippen molar-refractivity contribution in [3.05, 3.63) is 53.1 Å². The molecule has 1 aliphatic heterocycles. The van der Waals surface area contributed by atoms with E-state index in [9.17, 15) is 4.79 Å². The molecule has 3 aromatic rings. The van der Waals surface area contributed by atoms with Crippen LogP contribution in [-0.4, -0.2) is 76.6 Å². The first-order valence-electron chi connectivity index (χ1n) is 11.3. The first kappa shape index (κ1) is 24.6. The van der Waals surface area contributed by atoms with E-state index in [0.717, 1.165) is 34.4 Å². The molecule has 182 valence electrons. The molecular formula is C25H31N3O5S. The predicted molar refractivity (Wildman–Crippen MR) is 133 cm³/mol. The Bertz CT molecular complexity index is 1090. The highest BCUT2D eigenvalue weighted by atomic mass is 32.1. The Kier molecular flexibility index (Phi) is 8.47. The van der Waals surface area contributed by atoms with Crippen LogP contribution in [0.1, 0.15) is 27.4 Å².